The van der Waals surface area contributed by atoms with Gasteiger partial charge in [-0.05, 0) is 30.3 Å². The van der Waals surface area contributed by atoms with Crippen LogP contribution >= 0.6 is 23.2 Å². The van der Waals surface area contributed by atoms with E-state index in [0.717, 1.165) is 0 Å². The summed E-state index contributed by atoms with van der Waals surface area (Å²) in [4.78, 5) is 23.6. The first-order valence-electron chi connectivity index (χ1n) is 6.63. The van der Waals surface area contributed by atoms with Crippen molar-refractivity contribution < 1.29 is 23.1 Å². The normalized spacial score (nSPS) is 10.0. The second kappa shape index (κ2) is 7.92. The first kappa shape index (κ1) is 18.6. The number of rotatable bonds is 4. The molecular weight excluding hydrogens is 377 g/mol. The largest absolute Gasteiger partial charge is 0.452 e. The van der Waals surface area contributed by atoms with Gasteiger partial charge in [-0.25, -0.2) is 13.6 Å². The number of anilines is 1. The standard InChI is InChI=1S/C16H8Cl2F2N2O3/c17-9-2-1-8(6-21)14(3-9)22-15(23)7-25-16(24)10-4-12(19)13(20)5-11(10)18/h1-5H,7H2,(H,22,23). The molecule has 1 N–H and O–H groups in total. The Morgan fingerprint density at radius 2 is 1.84 bits per heavy atom. The van der Waals surface area contributed by atoms with Crippen molar-refractivity contribution in [3.63, 3.8) is 0 Å². The van der Waals surface area contributed by atoms with Crippen molar-refractivity contribution in [3.8, 4) is 6.07 Å². The molecule has 0 heterocycles. The second-order valence-electron chi connectivity index (χ2n) is 4.67. The van der Waals surface area contributed by atoms with Crippen LogP contribution in [0.2, 0.25) is 10.0 Å². The zero-order valence-corrected chi connectivity index (χ0v) is 13.8. The van der Waals surface area contributed by atoms with Crippen LogP contribution in [-0.4, -0.2) is 18.5 Å². The lowest BCUT2D eigenvalue weighted by Crippen LogP contribution is -2.21. The number of amides is 1. The molecule has 0 fully saturated rings. The summed E-state index contributed by atoms with van der Waals surface area (Å²) in [6, 6.07) is 7.29. The number of hydrogen-bond acceptors (Lipinski definition) is 4. The zero-order chi connectivity index (χ0) is 18.6. The summed E-state index contributed by atoms with van der Waals surface area (Å²) < 4.78 is 30.8. The lowest BCUT2D eigenvalue weighted by Gasteiger charge is -2.09. The van der Waals surface area contributed by atoms with Gasteiger partial charge in [0.25, 0.3) is 5.91 Å². The highest BCUT2D eigenvalue weighted by molar-refractivity contribution is 6.33. The van der Waals surface area contributed by atoms with E-state index in [9.17, 15) is 18.4 Å². The minimum absolute atomic E-state index is 0.141. The second-order valence-corrected chi connectivity index (χ2v) is 5.52. The SMILES string of the molecule is N#Cc1ccc(Cl)cc1NC(=O)COC(=O)c1cc(F)c(F)cc1Cl. The molecule has 0 saturated carbocycles. The van der Waals surface area contributed by atoms with E-state index in [2.05, 4.69) is 5.32 Å². The molecule has 0 spiro atoms. The maximum absolute atomic E-state index is 13.2. The predicted molar refractivity (Wildman–Crippen MR) is 86.4 cm³/mol. The molecule has 128 valence electrons. The molecule has 0 saturated heterocycles. The van der Waals surface area contributed by atoms with Gasteiger partial charge in [0.15, 0.2) is 18.2 Å². The van der Waals surface area contributed by atoms with E-state index in [1.54, 1.807) is 0 Å². The smallest absolute Gasteiger partial charge is 0.340 e. The summed E-state index contributed by atoms with van der Waals surface area (Å²) in [6.45, 7) is -0.731. The Bertz CT molecular complexity index is 898. The van der Waals surface area contributed by atoms with Crippen molar-refractivity contribution >= 4 is 40.8 Å². The van der Waals surface area contributed by atoms with Crippen molar-refractivity contribution in [2.45, 2.75) is 0 Å². The fourth-order valence-corrected chi connectivity index (χ4v) is 2.19. The van der Waals surface area contributed by atoms with E-state index in [4.69, 9.17) is 33.2 Å². The minimum Gasteiger partial charge on any atom is -0.452 e. The topological polar surface area (TPSA) is 79.2 Å². The van der Waals surface area contributed by atoms with Gasteiger partial charge in [0, 0.05) is 5.02 Å². The molecule has 25 heavy (non-hydrogen) atoms. The van der Waals surface area contributed by atoms with Crippen LogP contribution in [-0.2, 0) is 9.53 Å². The van der Waals surface area contributed by atoms with Gasteiger partial charge >= 0.3 is 5.97 Å². The van der Waals surface area contributed by atoms with Gasteiger partial charge in [0.05, 0.1) is 21.8 Å². The summed E-state index contributed by atoms with van der Waals surface area (Å²) in [5, 5.41) is 11.2. The summed E-state index contributed by atoms with van der Waals surface area (Å²) >= 11 is 11.4. The highest BCUT2D eigenvalue weighted by atomic mass is 35.5. The number of carbonyl (C=O) groups excluding carboxylic acids is 2. The Morgan fingerprint density at radius 1 is 1.16 bits per heavy atom. The van der Waals surface area contributed by atoms with Crippen LogP contribution in [0.25, 0.3) is 0 Å². The number of nitrogens with zero attached hydrogens (tertiary/aromatic N) is 1. The van der Waals surface area contributed by atoms with Crippen LogP contribution in [0, 0.1) is 23.0 Å². The molecule has 2 aromatic carbocycles. The molecule has 0 radical (unpaired) electrons. The van der Waals surface area contributed by atoms with Crippen molar-refractivity contribution in [1.29, 1.82) is 5.26 Å². The van der Waals surface area contributed by atoms with E-state index in [1.807, 2.05) is 6.07 Å². The van der Waals surface area contributed by atoms with Crippen molar-refractivity contribution in [1.82, 2.24) is 0 Å². The van der Waals surface area contributed by atoms with Crippen molar-refractivity contribution in [2.24, 2.45) is 0 Å². The van der Waals surface area contributed by atoms with Gasteiger partial charge in [-0.15, -0.1) is 0 Å². The Labute approximate surface area is 150 Å². The first-order chi connectivity index (χ1) is 11.8. The number of halogens is 4. The maximum atomic E-state index is 13.2. The number of carbonyl (C=O) groups is 2. The average Bonchev–Trinajstić information content (AvgIpc) is 2.56. The Balaban J connectivity index is 2.03. The summed E-state index contributed by atoms with van der Waals surface area (Å²) in [5.74, 6) is -4.36. The van der Waals surface area contributed by atoms with Gasteiger partial charge < -0.3 is 10.1 Å². The number of hydrogen-bond donors (Lipinski definition) is 1. The molecule has 1 amide bonds. The Kier molecular flexibility index (Phi) is 5.91. The molecule has 2 aromatic rings. The summed E-state index contributed by atoms with van der Waals surface area (Å²) in [6.07, 6.45) is 0. The van der Waals surface area contributed by atoms with Gasteiger partial charge in [-0.2, -0.15) is 5.26 Å². The molecule has 0 aliphatic heterocycles. The lowest BCUT2D eigenvalue weighted by atomic mass is 10.2. The summed E-state index contributed by atoms with van der Waals surface area (Å²) in [7, 11) is 0. The van der Waals surface area contributed by atoms with Crippen LogP contribution in [0.3, 0.4) is 0 Å². The van der Waals surface area contributed by atoms with Gasteiger partial charge in [-0.3, -0.25) is 4.79 Å². The number of esters is 1. The highest BCUT2D eigenvalue weighted by Gasteiger charge is 2.18. The predicted octanol–water partition coefficient (Wildman–Crippen LogP) is 3.94. The van der Waals surface area contributed by atoms with Crippen LogP contribution in [0.1, 0.15) is 15.9 Å². The van der Waals surface area contributed by atoms with E-state index in [-0.39, 0.29) is 16.3 Å². The highest BCUT2D eigenvalue weighted by Crippen LogP contribution is 2.22. The third kappa shape index (κ3) is 4.66. The van der Waals surface area contributed by atoms with Gasteiger partial charge in [0.1, 0.15) is 6.07 Å². The van der Waals surface area contributed by atoms with Crippen LogP contribution in [0.5, 0.6) is 0 Å². The van der Waals surface area contributed by atoms with E-state index >= 15 is 0 Å². The molecular formula is C16H8Cl2F2N2O3. The molecule has 5 nitrogen and oxygen atoms in total. The Morgan fingerprint density at radius 3 is 2.52 bits per heavy atom. The number of nitriles is 1. The van der Waals surface area contributed by atoms with Gasteiger partial charge in [0.2, 0.25) is 0 Å². The van der Waals surface area contributed by atoms with E-state index < -0.39 is 35.7 Å². The molecule has 0 aliphatic carbocycles. The van der Waals surface area contributed by atoms with E-state index in [0.29, 0.717) is 17.2 Å². The fourth-order valence-electron chi connectivity index (χ4n) is 1.79. The zero-order valence-electron chi connectivity index (χ0n) is 12.3. The lowest BCUT2D eigenvalue weighted by molar-refractivity contribution is -0.119. The van der Waals surface area contributed by atoms with Crippen LogP contribution < -0.4 is 5.32 Å². The first-order valence-corrected chi connectivity index (χ1v) is 7.38. The number of benzene rings is 2. The average molecular weight is 385 g/mol. The fraction of sp³-hybridized carbons (Fsp3) is 0.0625. The molecule has 2 rings (SSSR count). The Hall–Kier alpha value is -2.69. The molecule has 0 aliphatic rings. The monoisotopic (exact) mass is 384 g/mol. The molecule has 0 unspecified atom stereocenters. The quantitative estimate of drug-likeness (QED) is 0.639. The third-order valence-corrected chi connectivity index (χ3v) is 3.49. The third-order valence-electron chi connectivity index (χ3n) is 2.94. The van der Waals surface area contributed by atoms with Crippen molar-refractivity contribution in [2.75, 3.05) is 11.9 Å². The minimum atomic E-state index is -1.28. The number of nitrogens with one attached hydrogen (secondary N) is 1. The van der Waals surface area contributed by atoms with Crippen LogP contribution in [0.4, 0.5) is 14.5 Å². The van der Waals surface area contributed by atoms with Crippen LogP contribution in [0.15, 0.2) is 30.3 Å². The molecule has 0 bridgehead atoms. The maximum Gasteiger partial charge on any atom is 0.340 e. The molecule has 9 heteroatoms. The van der Waals surface area contributed by atoms with Gasteiger partial charge in [-0.1, -0.05) is 23.2 Å². The molecule has 0 atom stereocenters. The number of ether oxygens (including phenoxy) is 1. The van der Waals surface area contributed by atoms with E-state index in [1.165, 1.54) is 18.2 Å². The van der Waals surface area contributed by atoms with Crippen molar-refractivity contribution in [3.05, 3.63) is 63.1 Å². The summed E-state index contributed by atoms with van der Waals surface area (Å²) in [5.41, 5.74) is -0.122. The molecule has 0 aromatic heterocycles.